The third-order valence-electron chi connectivity index (χ3n) is 3.03. The number of rotatable bonds is 6. The number of ether oxygens (including phenoxy) is 1. The van der Waals surface area contributed by atoms with E-state index in [0.29, 0.717) is 18.7 Å². The van der Waals surface area contributed by atoms with Crippen LogP contribution in [0.15, 0.2) is 18.2 Å². The molecule has 1 aromatic rings. The first-order valence-corrected chi connectivity index (χ1v) is 6.82. The van der Waals surface area contributed by atoms with Crippen LogP contribution in [0, 0.1) is 18.8 Å². The maximum Gasteiger partial charge on any atom is 0.254 e. The number of aliphatic hydroxyl groups is 1. The summed E-state index contributed by atoms with van der Waals surface area (Å²) in [7, 11) is 1.58. The monoisotopic (exact) mass is 290 g/mol. The number of amides is 1. The highest BCUT2D eigenvalue weighted by molar-refractivity contribution is 5.94. The van der Waals surface area contributed by atoms with E-state index in [4.69, 9.17) is 15.6 Å². The van der Waals surface area contributed by atoms with Gasteiger partial charge in [0, 0.05) is 31.3 Å². The van der Waals surface area contributed by atoms with Crippen molar-refractivity contribution < 1.29 is 14.6 Å². The molecule has 1 amide bonds. The minimum Gasteiger partial charge on any atom is -0.395 e. The Kier molecular flexibility index (Phi) is 7.48. The Morgan fingerprint density at radius 1 is 1.43 bits per heavy atom. The first-order chi connectivity index (χ1) is 10.1. The fraction of sp³-hybridized carbons (Fsp3) is 0.438. The first kappa shape index (κ1) is 17.2. The van der Waals surface area contributed by atoms with Crippen molar-refractivity contribution >= 4 is 5.91 Å². The fourth-order valence-electron chi connectivity index (χ4n) is 1.86. The van der Waals surface area contributed by atoms with Gasteiger partial charge in [-0.25, -0.2) is 0 Å². The molecule has 3 N–H and O–H groups in total. The second-order valence-electron chi connectivity index (χ2n) is 4.54. The summed E-state index contributed by atoms with van der Waals surface area (Å²) in [6.07, 6.45) is 0. The smallest absolute Gasteiger partial charge is 0.254 e. The van der Waals surface area contributed by atoms with Crippen LogP contribution in [0.3, 0.4) is 0 Å². The molecule has 1 aromatic carbocycles. The van der Waals surface area contributed by atoms with Crippen LogP contribution in [-0.4, -0.2) is 55.9 Å². The van der Waals surface area contributed by atoms with E-state index in [0.717, 1.165) is 11.1 Å². The molecule has 0 aromatic heterocycles. The number of nitrogens with two attached hydrogens (primary N) is 1. The van der Waals surface area contributed by atoms with E-state index in [2.05, 4.69) is 11.8 Å². The van der Waals surface area contributed by atoms with E-state index in [-0.39, 0.29) is 25.6 Å². The van der Waals surface area contributed by atoms with Crippen LogP contribution < -0.4 is 5.73 Å². The second kappa shape index (κ2) is 9.14. The van der Waals surface area contributed by atoms with E-state index >= 15 is 0 Å². The van der Waals surface area contributed by atoms with Gasteiger partial charge in [-0.15, -0.1) is 0 Å². The predicted molar refractivity (Wildman–Crippen MR) is 82.0 cm³/mol. The van der Waals surface area contributed by atoms with Crippen LogP contribution >= 0.6 is 0 Å². The minimum absolute atomic E-state index is 0.0822. The topological polar surface area (TPSA) is 75.8 Å². The molecule has 5 heteroatoms. The van der Waals surface area contributed by atoms with Crippen LogP contribution in [0.5, 0.6) is 0 Å². The van der Waals surface area contributed by atoms with E-state index in [1.165, 1.54) is 0 Å². The molecule has 0 aliphatic carbocycles. The van der Waals surface area contributed by atoms with Gasteiger partial charge < -0.3 is 20.5 Å². The van der Waals surface area contributed by atoms with Gasteiger partial charge in [-0.3, -0.25) is 4.79 Å². The average Bonchev–Trinajstić information content (AvgIpc) is 2.50. The molecule has 0 saturated heterocycles. The van der Waals surface area contributed by atoms with Crippen LogP contribution in [0.2, 0.25) is 0 Å². The predicted octanol–water partition coefficient (Wildman–Crippen LogP) is 0.386. The summed E-state index contributed by atoms with van der Waals surface area (Å²) in [5.74, 6) is 5.61. The lowest BCUT2D eigenvalue weighted by Crippen LogP contribution is -2.36. The van der Waals surface area contributed by atoms with Crippen molar-refractivity contribution in [3.8, 4) is 11.8 Å². The molecule has 0 unspecified atom stereocenters. The number of hydrogen-bond donors (Lipinski definition) is 2. The van der Waals surface area contributed by atoms with Crippen molar-refractivity contribution in [2.45, 2.75) is 6.92 Å². The molecule has 0 fully saturated rings. The van der Waals surface area contributed by atoms with E-state index < -0.39 is 0 Å². The lowest BCUT2D eigenvalue weighted by molar-refractivity contribution is 0.0656. The SMILES string of the molecule is COCCN(CCO)C(=O)c1ccc(C)c(C#CCN)c1. The summed E-state index contributed by atoms with van der Waals surface area (Å²) in [6, 6.07) is 5.39. The highest BCUT2D eigenvalue weighted by Gasteiger charge is 2.15. The van der Waals surface area contributed by atoms with Gasteiger partial charge >= 0.3 is 0 Å². The van der Waals surface area contributed by atoms with Gasteiger partial charge in [-0.2, -0.15) is 0 Å². The molecule has 1 rings (SSSR count). The molecular weight excluding hydrogens is 268 g/mol. The maximum absolute atomic E-state index is 12.5. The third kappa shape index (κ3) is 5.20. The van der Waals surface area contributed by atoms with Gasteiger partial charge in [-0.05, 0) is 24.6 Å². The number of aliphatic hydroxyl groups excluding tert-OH is 1. The molecule has 0 atom stereocenters. The largest absolute Gasteiger partial charge is 0.395 e. The van der Waals surface area contributed by atoms with Crippen LogP contribution in [0.4, 0.5) is 0 Å². The molecule has 21 heavy (non-hydrogen) atoms. The number of nitrogens with zero attached hydrogens (tertiary/aromatic N) is 1. The third-order valence-corrected chi connectivity index (χ3v) is 3.03. The fourth-order valence-corrected chi connectivity index (χ4v) is 1.86. The number of aryl methyl sites for hydroxylation is 1. The van der Waals surface area contributed by atoms with Gasteiger partial charge in [0.25, 0.3) is 5.91 Å². The molecule has 0 saturated carbocycles. The molecule has 0 spiro atoms. The summed E-state index contributed by atoms with van der Waals surface area (Å²) in [5, 5.41) is 9.08. The summed E-state index contributed by atoms with van der Waals surface area (Å²) < 4.78 is 4.99. The Bertz CT molecular complexity index is 532. The second-order valence-corrected chi connectivity index (χ2v) is 4.54. The van der Waals surface area contributed by atoms with Crippen molar-refractivity contribution in [1.82, 2.24) is 4.90 Å². The number of benzene rings is 1. The summed E-state index contributed by atoms with van der Waals surface area (Å²) in [4.78, 5) is 14.0. The minimum atomic E-state index is -0.142. The Labute approximate surface area is 125 Å². The molecule has 5 nitrogen and oxygen atoms in total. The number of carbonyl (C=O) groups is 1. The van der Waals surface area contributed by atoms with Crippen molar-refractivity contribution in [3.05, 3.63) is 34.9 Å². The normalized spacial score (nSPS) is 9.90. The summed E-state index contributed by atoms with van der Waals surface area (Å²) in [5.41, 5.74) is 7.72. The number of methoxy groups -OCH3 is 1. The Morgan fingerprint density at radius 2 is 2.19 bits per heavy atom. The number of carbonyl (C=O) groups excluding carboxylic acids is 1. The Morgan fingerprint density at radius 3 is 2.81 bits per heavy atom. The van der Waals surface area contributed by atoms with Crippen molar-refractivity contribution in [2.24, 2.45) is 5.73 Å². The van der Waals surface area contributed by atoms with Crippen LogP contribution in [0.1, 0.15) is 21.5 Å². The Balaban J connectivity index is 2.98. The molecule has 0 aliphatic heterocycles. The first-order valence-electron chi connectivity index (χ1n) is 6.82. The summed E-state index contributed by atoms with van der Waals surface area (Å²) >= 11 is 0. The van der Waals surface area contributed by atoms with Gasteiger partial charge in [0.15, 0.2) is 0 Å². The van der Waals surface area contributed by atoms with E-state index in [1.54, 1.807) is 24.1 Å². The van der Waals surface area contributed by atoms with E-state index in [9.17, 15) is 4.79 Å². The highest BCUT2D eigenvalue weighted by Crippen LogP contribution is 2.12. The standard InChI is InChI=1S/C16H22N2O3/c1-13-5-6-15(12-14(13)4-3-7-17)16(20)18(8-10-19)9-11-21-2/h5-6,12,19H,7-11,17H2,1-2H3. The molecular formula is C16H22N2O3. The lowest BCUT2D eigenvalue weighted by atomic mass is 10.0. The molecule has 0 bridgehead atoms. The lowest BCUT2D eigenvalue weighted by Gasteiger charge is -2.21. The van der Waals surface area contributed by atoms with Crippen molar-refractivity contribution in [1.29, 1.82) is 0 Å². The van der Waals surface area contributed by atoms with E-state index in [1.807, 2.05) is 13.0 Å². The molecule has 114 valence electrons. The summed E-state index contributed by atoms with van der Waals surface area (Å²) in [6.45, 7) is 3.28. The quantitative estimate of drug-likeness (QED) is 0.743. The maximum atomic E-state index is 12.5. The molecule has 0 heterocycles. The zero-order chi connectivity index (χ0) is 15.7. The highest BCUT2D eigenvalue weighted by atomic mass is 16.5. The van der Waals surface area contributed by atoms with Gasteiger partial charge in [-0.1, -0.05) is 17.9 Å². The van der Waals surface area contributed by atoms with Gasteiger partial charge in [0.05, 0.1) is 19.8 Å². The zero-order valence-electron chi connectivity index (χ0n) is 12.6. The number of hydrogen-bond acceptors (Lipinski definition) is 4. The van der Waals surface area contributed by atoms with Crippen molar-refractivity contribution in [2.75, 3.05) is 40.0 Å². The van der Waals surface area contributed by atoms with Crippen LogP contribution in [0.25, 0.3) is 0 Å². The van der Waals surface area contributed by atoms with Gasteiger partial charge in [0.1, 0.15) is 0 Å². The Hall–Kier alpha value is -1.87. The average molecular weight is 290 g/mol. The molecule has 0 aliphatic rings. The zero-order valence-corrected chi connectivity index (χ0v) is 12.6. The van der Waals surface area contributed by atoms with Crippen molar-refractivity contribution in [3.63, 3.8) is 0 Å². The molecule has 0 radical (unpaired) electrons. The van der Waals surface area contributed by atoms with Crippen LogP contribution in [-0.2, 0) is 4.74 Å². The van der Waals surface area contributed by atoms with Gasteiger partial charge in [0.2, 0.25) is 0 Å².